The summed E-state index contributed by atoms with van der Waals surface area (Å²) in [5, 5.41) is 3.00. The lowest BCUT2D eigenvalue weighted by atomic mass is 10.0. The zero-order chi connectivity index (χ0) is 23.6. The first-order chi connectivity index (χ1) is 15.9. The van der Waals surface area contributed by atoms with Crippen molar-refractivity contribution in [2.75, 3.05) is 6.61 Å². The van der Waals surface area contributed by atoms with Gasteiger partial charge in [-0.15, -0.1) is 0 Å². The highest BCUT2D eigenvalue weighted by molar-refractivity contribution is 5.88. The molecule has 3 aromatic carbocycles. The number of aryl methyl sites for hydroxylation is 1. The van der Waals surface area contributed by atoms with Crippen LogP contribution in [0.4, 0.5) is 0 Å². The van der Waals surface area contributed by atoms with Gasteiger partial charge in [0.15, 0.2) is 6.61 Å². The summed E-state index contributed by atoms with van der Waals surface area (Å²) in [6.07, 6.45) is 0.419. The normalized spacial score (nSPS) is 11.6. The number of rotatable bonds is 10. The summed E-state index contributed by atoms with van der Waals surface area (Å²) < 4.78 is 5.75. The standard InChI is InChI=1S/C28H32N2O3/c1-21(2)29-28(32)26(18-23-12-6-4-7-13-23)30(19-24-14-10-11-22(3)17-24)27(31)20-33-25-15-8-5-9-16-25/h4-17,21,26H,18-20H2,1-3H3,(H,29,32). The molecule has 172 valence electrons. The number of carbonyl (C=O) groups is 2. The van der Waals surface area contributed by atoms with E-state index in [9.17, 15) is 9.59 Å². The summed E-state index contributed by atoms with van der Waals surface area (Å²) >= 11 is 0. The second kappa shape index (κ2) is 11.9. The van der Waals surface area contributed by atoms with Crippen LogP contribution in [0.1, 0.15) is 30.5 Å². The van der Waals surface area contributed by atoms with Gasteiger partial charge >= 0.3 is 0 Å². The van der Waals surface area contributed by atoms with Crippen molar-refractivity contribution < 1.29 is 14.3 Å². The molecule has 0 aromatic heterocycles. The van der Waals surface area contributed by atoms with Crippen LogP contribution < -0.4 is 10.1 Å². The monoisotopic (exact) mass is 444 g/mol. The van der Waals surface area contributed by atoms with Crippen LogP contribution in [0.5, 0.6) is 5.75 Å². The van der Waals surface area contributed by atoms with Gasteiger partial charge in [-0.3, -0.25) is 9.59 Å². The van der Waals surface area contributed by atoms with Gasteiger partial charge in [0, 0.05) is 19.0 Å². The van der Waals surface area contributed by atoms with E-state index in [2.05, 4.69) is 5.32 Å². The third kappa shape index (κ3) is 7.49. The summed E-state index contributed by atoms with van der Waals surface area (Å²) in [7, 11) is 0. The predicted molar refractivity (Wildman–Crippen MR) is 131 cm³/mol. The quantitative estimate of drug-likeness (QED) is 0.500. The first-order valence-electron chi connectivity index (χ1n) is 11.3. The molecule has 0 aliphatic rings. The van der Waals surface area contributed by atoms with E-state index >= 15 is 0 Å². The number of hydrogen-bond donors (Lipinski definition) is 1. The fourth-order valence-electron chi connectivity index (χ4n) is 3.69. The Kier molecular flexibility index (Phi) is 8.64. The smallest absolute Gasteiger partial charge is 0.261 e. The largest absolute Gasteiger partial charge is 0.484 e. The fourth-order valence-corrected chi connectivity index (χ4v) is 3.69. The number of nitrogens with zero attached hydrogens (tertiary/aromatic N) is 1. The lowest BCUT2D eigenvalue weighted by molar-refractivity contribution is -0.143. The molecular weight excluding hydrogens is 412 g/mol. The molecule has 3 aromatic rings. The minimum Gasteiger partial charge on any atom is -0.484 e. The van der Waals surface area contributed by atoms with Gasteiger partial charge in [-0.2, -0.15) is 0 Å². The molecule has 1 atom stereocenters. The summed E-state index contributed by atoms with van der Waals surface area (Å²) in [5.41, 5.74) is 3.07. The molecule has 1 unspecified atom stereocenters. The minimum atomic E-state index is -0.665. The molecule has 2 amide bonds. The van der Waals surface area contributed by atoms with Gasteiger partial charge in [0.2, 0.25) is 5.91 Å². The van der Waals surface area contributed by atoms with Crippen LogP contribution >= 0.6 is 0 Å². The van der Waals surface area contributed by atoms with E-state index in [0.717, 1.165) is 16.7 Å². The van der Waals surface area contributed by atoms with Crippen LogP contribution in [0.15, 0.2) is 84.9 Å². The van der Waals surface area contributed by atoms with Gasteiger partial charge in [0.05, 0.1) is 0 Å². The maximum absolute atomic E-state index is 13.4. The Hall–Kier alpha value is -3.60. The van der Waals surface area contributed by atoms with Crippen molar-refractivity contribution in [3.05, 3.63) is 102 Å². The second-order valence-electron chi connectivity index (χ2n) is 8.48. The van der Waals surface area contributed by atoms with Gasteiger partial charge in [-0.05, 0) is 44.0 Å². The van der Waals surface area contributed by atoms with E-state index in [1.807, 2.05) is 106 Å². The van der Waals surface area contributed by atoms with E-state index in [1.165, 1.54) is 0 Å². The highest BCUT2D eigenvalue weighted by atomic mass is 16.5. The topological polar surface area (TPSA) is 58.6 Å². The number of para-hydroxylation sites is 1. The SMILES string of the molecule is Cc1cccc(CN(C(=O)COc2ccccc2)C(Cc2ccccc2)C(=O)NC(C)C)c1. The molecule has 33 heavy (non-hydrogen) atoms. The van der Waals surface area contributed by atoms with E-state index in [4.69, 9.17) is 4.74 Å². The van der Waals surface area contributed by atoms with Gasteiger partial charge in [0.1, 0.15) is 11.8 Å². The lowest BCUT2D eigenvalue weighted by Gasteiger charge is -2.32. The van der Waals surface area contributed by atoms with E-state index in [0.29, 0.717) is 18.7 Å². The first kappa shape index (κ1) is 24.1. The Morgan fingerprint density at radius 3 is 2.15 bits per heavy atom. The van der Waals surface area contributed by atoms with Gasteiger partial charge in [-0.25, -0.2) is 0 Å². The summed E-state index contributed by atoms with van der Waals surface area (Å²) in [5.74, 6) is 0.211. The maximum Gasteiger partial charge on any atom is 0.261 e. The first-order valence-corrected chi connectivity index (χ1v) is 11.3. The van der Waals surface area contributed by atoms with Gasteiger partial charge in [-0.1, -0.05) is 78.4 Å². The van der Waals surface area contributed by atoms with Crippen molar-refractivity contribution in [3.63, 3.8) is 0 Å². The zero-order valence-electron chi connectivity index (χ0n) is 19.5. The van der Waals surface area contributed by atoms with E-state index in [1.54, 1.807) is 4.90 Å². The predicted octanol–water partition coefficient (Wildman–Crippen LogP) is 4.54. The molecule has 0 aliphatic carbocycles. The molecule has 0 saturated heterocycles. The van der Waals surface area contributed by atoms with Gasteiger partial charge < -0.3 is 15.0 Å². The molecule has 0 spiro atoms. The van der Waals surface area contributed by atoms with Crippen LogP contribution in [-0.4, -0.2) is 35.4 Å². The fraction of sp³-hybridized carbons (Fsp3) is 0.286. The van der Waals surface area contributed by atoms with Crippen LogP contribution in [0.25, 0.3) is 0 Å². The van der Waals surface area contributed by atoms with E-state index in [-0.39, 0.29) is 24.5 Å². The van der Waals surface area contributed by atoms with Crippen LogP contribution in [0.3, 0.4) is 0 Å². The lowest BCUT2D eigenvalue weighted by Crippen LogP contribution is -2.52. The Morgan fingerprint density at radius 1 is 0.879 bits per heavy atom. The molecule has 0 radical (unpaired) electrons. The third-order valence-electron chi connectivity index (χ3n) is 5.24. The molecule has 5 heteroatoms. The number of benzene rings is 3. The second-order valence-corrected chi connectivity index (χ2v) is 8.48. The van der Waals surface area contributed by atoms with Crippen LogP contribution in [0, 0.1) is 6.92 Å². The van der Waals surface area contributed by atoms with Crippen molar-refractivity contribution >= 4 is 11.8 Å². The van der Waals surface area contributed by atoms with Crippen molar-refractivity contribution in [3.8, 4) is 5.75 Å². The highest BCUT2D eigenvalue weighted by Crippen LogP contribution is 2.17. The number of hydrogen-bond acceptors (Lipinski definition) is 3. The Balaban J connectivity index is 1.90. The molecule has 1 N–H and O–H groups in total. The van der Waals surface area contributed by atoms with E-state index < -0.39 is 6.04 Å². The maximum atomic E-state index is 13.4. The number of amides is 2. The Morgan fingerprint density at radius 2 is 1.52 bits per heavy atom. The summed E-state index contributed by atoms with van der Waals surface area (Å²) in [6, 6.07) is 26.3. The molecule has 0 fully saturated rings. The number of carbonyl (C=O) groups excluding carboxylic acids is 2. The van der Waals surface area contributed by atoms with Crippen molar-refractivity contribution in [1.29, 1.82) is 0 Å². The van der Waals surface area contributed by atoms with Crippen molar-refractivity contribution in [2.24, 2.45) is 0 Å². The number of ether oxygens (including phenoxy) is 1. The molecule has 3 rings (SSSR count). The van der Waals surface area contributed by atoms with Crippen LogP contribution in [-0.2, 0) is 22.6 Å². The zero-order valence-corrected chi connectivity index (χ0v) is 19.5. The molecule has 0 heterocycles. The average Bonchev–Trinajstić information content (AvgIpc) is 2.80. The van der Waals surface area contributed by atoms with Gasteiger partial charge in [0.25, 0.3) is 5.91 Å². The minimum absolute atomic E-state index is 0.0349. The Bertz CT molecular complexity index is 1040. The average molecular weight is 445 g/mol. The molecular formula is C28H32N2O3. The molecule has 5 nitrogen and oxygen atoms in total. The Labute approximate surface area is 196 Å². The third-order valence-corrected chi connectivity index (χ3v) is 5.24. The molecule has 0 aliphatic heterocycles. The molecule has 0 saturated carbocycles. The highest BCUT2D eigenvalue weighted by Gasteiger charge is 2.31. The van der Waals surface area contributed by atoms with Crippen molar-refractivity contribution in [2.45, 2.75) is 45.8 Å². The molecule has 0 bridgehead atoms. The summed E-state index contributed by atoms with van der Waals surface area (Å²) in [6.45, 7) is 6.03. The number of nitrogens with one attached hydrogen (secondary N) is 1. The summed E-state index contributed by atoms with van der Waals surface area (Å²) in [4.78, 5) is 28.4. The van der Waals surface area contributed by atoms with Crippen molar-refractivity contribution in [1.82, 2.24) is 10.2 Å². The van der Waals surface area contributed by atoms with Crippen LogP contribution in [0.2, 0.25) is 0 Å².